The molecular formula is C37H21NO3. The number of para-hydroxylation sites is 3. The number of nitrogens with zero attached hydrogens (tertiary/aromatic N) is 1. The maximum Gasteiger partial charge on any atom is 0.344 e. The minimum Gasteiger partial charge on any atom is -0.455 e. The van der Waals surface area contributed by atoms with Crippen molar-refractivity contribution in [2.45, 2.75) is 0 Å². The van der Waals surface area contributed by atoms with Crippen molar-refractivity contribution in [1.29, 1.82) is 0 Å². The lowest BCUT2D eigenvalue weighted by Crippen LogP contribution is -2.01. The summed E-state index contributed by atoms with van der Waals surface area (Å²) < 4.78 is 14.6. The number of rotatable bonds is 2. The van der Waals surface area contributed by atoms with Crippen molar-refractivity contribution in [2.24, 2.45) is 0 Å². The van der Waals surface area contributed by atoms with E-state index in [0.29, 0.717) is 11.0 Å². The Hall–Kier alpha value is -5.61. The van der Waals surface area contributed by atoms with E-state index in [-0.39, 0.29) is 5.63 Å². The molecule has 0 saturated heterocycles. The fraction of sp³-hybridized carbons (Fsp3) is 0. The normalized spacial score (nSPS) is 12.0. The van der Waals surface area contributed by atoms with Gasteiger partial charge in [-0.15, -0.1) is 0 Å². The summed E-state index contributed by atoms with van der Waals surface area (Å²) >= 11 is 0. The molecule has 0 aliphatic carbocycles. The maximum absolute atomic E-state index is 13.1. The predicted molar refractivity (Wildman–Crippen MR) is 167 cm³/mol. The van der Waals surface area contributed by atoms with E-state index < -0.39 is 0 Å². The third-order valence-electron chi connectivity index (χ3n) is 8.26. The van der Waals surface area contributed by atoms with E-state index >= 15 is 0 Å². The molecule has 3 aromatic heterocycles. The minimum atomic E-state index is -0.327. The highest BCUT2D eigenvalue weighted by atomic mass is 16.4. The lowest BCUT2D eigenvalue weighted by molar-refractivity contribution is 0.572. The van der Waals surface area contributed by atoms with Gasteiger partial charge in [0.2, 0.25) is 0 Å². The van der Waals surface area contributed by atoms with Crippen LogP contribution in [0.4, 0.5) is 0 Å². The van der Waals surface area contributed by atoms with Gasteiger partial charge in [0, 0.05) is 38.2 Å². The molecule has 0 fully saturated rings. The molecule has 41 heavy (non-hydrogen) atoms. The maximum atomic E-state index is 13.1. The third kappa shape index (κ3) is 3.07. The fourth-order valence-corrected chi connectivity index (χ4v) is 6.42. The molecular weight excluding hydrogens is 506 g/mol. The van der Waals surface area contributed by atoms with Crippen LogP contribution in [-0.2, 0) is 0 Å². The Kier molecular flexibility index (Phi) is 4.44. The molecule has 6 aromatic carbocycles. The zero-order valence-electron chi connectivity index (χ0n) is 21.8. The quantitative estimate of drug-likeness (QED) is 0.166. The molecule has 0 radical (unpaired) electrons. The fourth-order valence-electron chi connectivity index (χ4n) is 6.42. The zero-order valence-corrected chi connectivity index (χ0v) is 21.8. The molecule has 4 heteroatoms. The summed E-state index contributed by atoms with van der Waals surface area (Å²) in [4.78, 5) is 13.1. The summed E-state index contributed by atoms with van der Waals surface area (Å²) in [5.74, 6) is 0. The van der Waals surface area contributed by atoms with Crippen LogP contribution >= 0.6 is 0 Å². The van der Waals surface area contributed by atoms with Crippen molar-refractivity contribution in [3.8, 4) is 16.8 Å². The molecule has 3 heterocycles. The van der Waals surface area contributed by atoms with E-state index in [9.17, 15) is 4.79 Å². The number of fused-ring (bicyclic) bond motifs is 10. The molecule has 192 valence electrons. The highest BCUT2D eigenvalue weighted by molar-refractivity contribution is 6.20. The van der Waals surface area contributed by atoms with Crippen LogP contribution in [0.2, 0.25) is 0 Å². The number of aromatic nitrogens is 1. The van der Waals surface area contributed by atoms with Crippen molar-refractivity contribution in [2.75, 3.05) is 0 Å². The Morgan fingerprint density at radius 3 is 1.98 bits per heavy atom. The first-order chi connectivity index (χ1) is 20.3. The van der Waals surface area contributed by atoms with Gasteiger partial charge in [0.15, 0.2) is 5.58 Å². The molecule has 0 unspecified atom stereocenters. The Morgan fingerprint density at radius 1 is 0.463 bits per heavy atom. The summed E-state index contributed by atoms with van der Waals surface area (Å²) in [5.41, 5.74) is 7.09. The third-order valence-corrected chi connectivity index (χ3v) is 8.26. The second-order valence-electron chi connectivity index (χ2n) is 10.5. The Bertz CT molecular complexity index is 2550. The van der Waals surface area contributed by atoms with Crippen LogP contribution in [0, 0.1) is 0 Å². The van der Waals surface area contributed by atoms with Gasteiger partial charge in [0.05, 0.1) is 16.4 Å². The summed E-state index contributed by atoms with van der Waals surface area (Å²) in [6.45, 7) is 0. The molecule has 0 aliphatic rings. The van der Waals surface area contributed by atoms with Crippen molar-refractivity contribution in [1.82, 2.24) is 4.57 Å². The Labute approximate surface area is 233 Å². The van der Waals surface area contributed by atoms with E-state index in [1.807, 2.05) is 54.6 Å². The van der Waals surface area contributed by atoms with Gasteiger partial charge in [0.1, 0.15) is 11.2 Å². The molecule has 0 bridgehead atoms. The first kappa shape index (κ1) is 22.2. The van der Waals surface area contributed by atoms with Crippen LogP contribution in [0.25, 0.3) is 82.3 Å². The molecule has 0 atom stereocenters. The van der Waals surface area contributed by atoms with E-state index in [1.165, 1.54) is 0 Å². The molecule has 0 spiro atoms. The summed E-state index contributed by atoms with van der Waals surface area (Å²) in [5, 5.41) is 6.78. The molecule has 0 N–H and O–H groups in total. The van der Waals surface area contributed by atoms with Crippen molar-refractivity contribution in [3.05, 3.63) is 138 Å². The second kappa shape index (κ2) is 8.20. The van der Waals surface area contributed by atoms with Gasteiger partial charge in [-0.25, -0.2) is 4.79 Å². The molecule has 0 amide bonds. The largest absolute Gasteiger partial charge is 0.455 e. The van der Waals surface area contributed by atoms with Crippen LogP contribution in [0.3, 0.4) is 0 Å². The van der Waals surface area contributed by atoms with Crippen LogP contribution < -0.4 is 5.63 Å². The smallest absolute Gasteiger partial charge is 0.344 e. The second-order valence-corrected chi connectivity index (χ2v) is 10.5. The van der Waals surface area contributed by atoms with Crippen molar-refractivity contribution >= 4 is 65.5 Å². The molecule has 9 aromatic rings. The van der Waals surface area contributed by atoms with Gasteiger partial charge < -0.3 is 13.4 Å². The SMILES string of the molecule is O=c1oc2c(ccc3c4ccccc4n(-c4ccc(-c5cccc6c5oc5ccccc56)cc4)c32)c2ccccc12. The van der Waals surface area contributed by atoms with E-state index in [1.54, 1.807) is 0 Å². The molecule has 4 nitrogen and oxygen atoms in total. The highest BCUT2D eigenvalue weighted by Crippen LogP contribution is 2.39. The zero-order chi connectivity index (χ0) is 27.1. The van der Waals surface area contributed by atoms with Crippen LogP contribution in [0.15, 0.2) is 141 Å². The highest BCUT2D eigenvalue weighted by Gasteiger charge is 2.19. The standard InChI is InChI=1S/C37H21NO3/c39-37-31-11-2-1-8-25(31)30-21-20-28-26-9-3-5-14-32(26)38(34(28)36(30)41-37)23-18-16-22(17-19-23)24-12-7-13-29-27-10-4-6-15-33(27)40-35(24)29/h1-21H. The lowest BCUT2D eigenvalue weighted by atomic mass is 10.0. The van der Waals surface area contributed by atoms with E-state index in [4.69, 9.17) is 8.83 Å². The topological polar surface area (TPSA) is 48.3 Å². The average Bonchev–Trinajstić information content (AvgIpc) is 3.58. The number of hydrogen-bond donors (Lipinski definition) is 0. The first-order valence-electron chi connectivity index (χ1n) is 13.6. The van der Waals surface area contributed by atoms with E-state index in [2.05, 4.69) is 77.4 Å². The van der Waals surface area contributed by atoms with Crippen LogP contribution in [0.5, 0.6) is 0 Å². The Morgan fingerprint density at radius 2 is 1.12 bits per heavy atom. The van der Waals surface area contributed by atoms with Gasteiger partial charge in [-0.1, -0.05) is 91.0 Å². The van der Waals surface area contributed by atoms with Crippen LogP contribution in [-0.4, -0.2) is 4.57 Å². The average molecular weight is 528 g/mol. The van der Waals surface area contributed by atoms with Crippen molar-refractivity contribution in [3.63, 3.8) is 0 Å². The lowest BCUT2D eigenvalue weighted by Gasteiger charge is -2.11. The van der Waals surface area contributed by atoms with Gasteiger partial charge >= 0.3 is 5.63 Å². The summed E-state index contributed by atoms with van der Waals surface area (Å²) in [6, 6.07) is 43.1. The number of benzene rings is 6. The van der Waals surface area contributed by atoms with Gasteiger partial charge in [0.25, 0.3) is 0 Å². The summed E-state index contributed by atoms with van der Waals surface area (Å²) in [6.07, 6.45) is 0. The van der Waals surface area contributed by atoms with Crippen LogP contribution in [0.1, 0.15) is 0 Å². The minimum absolute atomic E-state index is 0.327. The predicted octanol–water partition coefficient (Wildman–Crippen LogP) is 9.61. The first-order valence-corrected chi connectivity index (χ1v) is 13.6. The van der Waals surface area contributed by atoms with Crippen molar-refractivity contribution < 1.29 is 8.83 Å². The monoisotopic (exact) mass is 527 g/mol. The van der Waals surface area contributed by atoms with Gasteiger partial charge in [-0.3, -0.25) is 0 Å². The molecule has 0 saturated carbocycles. The number of furan rings is 1. The van der Waals surface area contributed by atoms with Gasteiger partial charge in [-0.2, -0.15) is 0 Å². The summed E-state index contributed by atoms with van der Waals surface area (Å²) in [7, 11) is 0. The van der Waals surface area contributed by atoms with Gasteiger partial charge in [-0.05, 0) is 47.3 Å². The molecule has 0 aliphatic heterocycles. The van der Waals surface area contributed by atoms with E-state index in [0.717, 1.165) is 71.3 Å². The molecule has 9 rings (SSSR count). The number of hydrogen-bond acceptors (Lipinski definition) is 3. The Balaban J connectivity index is 1.31.